The smallest absolute Gasteiger partial charge is 0.294 e. The van der Waals surface area contributed by atoms with Crippen molar-refractivity contribution in [1.29, 1.82) is 0 Å². The van der Waals surface area contributed by atoms with Gasteiger partial charge < -0.3 is 4.74 Å². The Hall–Kier alpha value is -3.25. The van der Waals surface area contributed by atoms with Crippen LogP contribution in [0.5, 0.6) is 5.88 Å². The fourth-order valence-electron chi connectivity index (χ4n) is 2.16. The van der Waals surface area contributed by atoms with E-state index >= 15 is 0 Å². The molecular weight excluding hydrogens is 412 g/mol. The molecule has 1 fully saturated rings. The van der Waals surface area contributed by atoms with E-state index in [4.69, 9.17) is 16.3 Å². The number of hydrogen-bond acceptors (Lipinski definition) is 9. The van der Waals surface area contributed by atoms with E-state index in [-0.39, 0.29) is 39.8 Å². The molecule has 0 bridgehead atoms. The van der Waals surface area contributed by atoms with Gasteiger partial charge in [0.25, 0.3) is 11.6 Å². The van der Waals surface area contributed by atoms with Gasteiger partial charge in [-0.15, -0.1) is 5.10 Å². The average Bonchev–Trinajstić information content (AvgIpc) is 3.06. The van der Waals surface area contributed by atoms with Gasteiger partial charge in [-0.3, -0.25) is 29.6 Å². The summed E-state index contributed by atoms with van der Waals surface area (Å²) in [7, 11) is 0. The second-order valence-electron chi connectivity index (χ2n) is 5.17. The van der Waals surface area contributed by atoms with E-state index in [0.717, 1.165) is 22.7 Å². The lowest BCUT2D eigenvalue weighted by Gasteiger charge is -2.16. The summed E-state index contributed by atoms with van der Waals surface area (Å²) in [6.07, 6.45) is 4.20. The number of hydrogen-bond donors (Lipinski definition) is 1. The van der Waals surface area contributed by atoms with Crippen molar-refractivity contribution in [3.63, 3.8) is 0 Å². The zero-order valence-electron chi connectivity index (χ0n) is 13.9. The highest BCUT2D eigenvalue weighted by atomic mass is 35.5. The fourth-order valence-corrected chi connectivity index (χ4v) is 3.14. The van der Waals surface area contributed by atoms with Crippen LogP contribution in [-0.4, -0.2) is 44.2 Å². The zero-order valence-corrected chi connectivity index (χ0v) is 15.5. The van der Waals surface area contributed by atoms with Crippen LogP contribution in [0.25, 0.3) is 0 Å². The third kappa shape index (κ3) is 4.53. The number of ether oxygens (including phenoxy) is 1. The Kier molecular flexibility index (Phi) is 6.01. The molecule has 28 heavy (non-hydrogen) atoms. The highest BCUT2D eigenvalue weighted by molar-refractivity contribution is 8.15. The van der Waals surface area contributed by atoms with Crippen molar-refractivity contribution in [3.8, 4) is 5.88 Å². The van der Waals surface area contributed by atoms with Crippen molar-refractivity contribution in [2.75, 3.05) is 17.3 Å². The van der Waals surface area contributed by atoms with Crippen molar-refractivity contribution >= 4 is 51.7 Å². The molecule has 2 amide bonds. The first-order chi connectivity index (χ1) is 13.5. The summed E-state index contributed by atoms with van der Waals surface area (Å²) < 4.78 is 5.13. The first-order valence-corrected chi connectivity index (χ1v) is 8.97. The molecule has 3 rings (SSSR count). The highest BCUT2D eigenvalue weighted by Gasteiger charge is 2.34. The minimum atomic E-state index is -0.650. The van der Waals surface area contributed by atoms with Gasteiger partial charge in [0.1, 0.15) is 5.69 Å². The van der Waals surface area contributed by atoms with Crippen LogP contribution < -0.4 is 15.1 Å². The number of nitro groups is 1. The van der Waals surface area contributed by atoms with E-state index in [0.29, 0.717) is 0 Å². The normalized spacial score (nSPS) is 15.0. The molecule has 144 valence electrons. The van der Waals surface area contributed by atoms with Crippen LogP contribution >= 0.6 is 23.4 Å². The number of aromatic nitrogens is 2. The number of halogens is 1. The summed E-state index contributed by atoms with van der Waals surface area (Å²) in [6.45, 7) is -0.380. The van der Waals surface area contributed by atoms with Crippen LogP contribution in [0, 0.1) is 10.1 Å². The summed E-state index contributed by atoms with van der Waals surface area (Å²) in [6, 6.07) is 3.90. The molecule has 2 aromatic rings. The van der Waals surface area contributed by atoms with Crippen molar-refractivity contribution in [1.82, 2.24) is 15.4 Å². The maximum Gasteiger partial charge on any atom is 0.294 e. The van der Waals surface area contributed by atoms with E-state index in [1.54, 1.807) is 0 Å². The highest BCUT2D eigenvalue weighted by Crippen LogP contribution is 2.35. The Morgan fingerprint density at radius 2 is 2.29 bits per heavy atom. The van der Waals surface area contributed by atoms with Crippen molar-refractivity contribution in [2.45, 2.75) is 0 Å². The largest absolute Gasteiger partial charge is 0.466 e. The number of amides is 2. The van der Waals surface area contributed by atoms with E-state index in [1.807, 2.05) is 0 Å². The molecule has 1 N–H and O–H groups in total. The fraction of sp³-hybridized carbons (Fsp3) is 0.133. The van der Waals surface area contributed by atoms with E-state index < -0.39 is 16.7 Å². The van der Waals surface area contributed by atoms with Crippen LogP contribution in [0.2, 0.25) is 5.02 Å². The van der Waals surface area contributed by atoms with Gasteiger partial charge in [-0.05, 0) is 12.1 Å². The molecular formula is C15H11ClN6O5S. The lowest BCUT2D eigenvalue weighted by Crippen LogP contribution is -2.33. The van der Waals surface area contributed by atoms with Crippen LogP contribution in [0.15, 0.2) is 41.9 Å². The van der Waals surface area contributed by atoms with Crippen molar-refractivity contribution in [2.24, 2.45) is 5.10 Å². The number of nitrogens with one attached hydrogen (secondary N) is 1. The number of rotatable bonds is 6. The van der Waals surface area contributed by atoms with Crippen molar-refractivity contribution in [3.05, 3.63) is 51.9 Å². The molecule has 1 aromatic carbocycles. The molecule has 1 aromatic heterocycles. The number of amidine groups is 1. The van der Waals surface area contributed by atoms with Gasteiger partial charge in [-0.1, -0.05) is 23.4 Å². The molecule has 11 nitrogen and oxygen atoms in total. The molecule has 2 heterocycles. The molecule has 0 aliphatic carbocycles. The minimum Gasteiger partial charge on any atom is -0.466 e. The van der Waals surface area contributed by atoms with Gasteiger partial charge in [0, 0.05) is 23.5 Å². The van der Waals surface area contributed by atoms with Crippen LogP contribution in [0.4, 0.5) is 11.4 Å². The average molecular weight is 423 g/mol. The molecule has 0 saturated carbocycles. The van der Waals surface area contributed by atoms with Gasteiger partial charge in [0.15, 0.2) is 11.8 Å². The summed E-state index contributed by atoms with van der Waals surface area (Å²) in [5.74, 6) is -0.845. The van der Waals surface area contributed by atoms with Gasteiger partial charge in [-0.2, -0.15) is 0 Å². The summed E-state index contributed by atoms with van der Waals surface area (Å²) in [5.41, 5.74) is 1.89. The Labute approximate surface area is 166 Å². The first-order valence-electron chi connectivity index (χ1n) is 7.60. The Morgan fingerprint density at radius 1 is 1.46 bits per heavy atom. The van der Waals surface area contributed by atoms with E-state index in [9.17, 15) is 19.7 Å². The molecule has 0 radical (unpaired) electrons. The van der Waals surface area contributed by atoms with Crippen molar-refractivity contribution < 1.29 is 19.2 Å². The lowest BCUT2D eigenvalue weighted by atomic mass is 10.2. The summed E-state index contributed by atoms with van der Waals surface area (Å²) in [5, 5.41) is 15.4. The van der Waals surface area contributed by atoms with Gasteiger partial charge in [-0.25, -0.2) is 10.4 Å². The standard InChI is InChI=1S/C15H11ClN6O5S/c16-9-1-2-10(11(5-9)22(25)26)21-14(24)8-28-15(21)20-19-12(23)7-27-13-6-17-3-4-18-13/h1-6H,7-8H2,(H,19,23)/b20-15+. The van der Waals surface area contributed by atoms with E-state index in [2.05, 4.69) is 20.5 Å². The third-order valence-corrected chi connectivity index (χ3v) is 4.47. The number of carbonyl (C=O) groups excluding carboxylic acids is 2. The number of nitro benzene ring substituents is 1. The maximum atomic E-state index is 12.2. The molecule has 0 unspecified atom stereocenters. The number of nitrogens with zero attached hydrogens (tertiary/aromatic N) is 5. The molecule has 1 saturated heterocycles. The second-order valence-corrected chi connectivity index (χ2v) is 6.55. The maximum absolute atomic E-state index is 12.2. The number of carbonyl (C=O) groups is 2. The zero-order chi connectivity index (χ0) is 20.1. The predicted molar refractivity (Wildman–Crippen MR) is 101 cm³/mol. The Balaban J connectivity index is 1.73. The number of benzene rings is 1. The van der Waals surface area contributed by atoms with E-state index in [1.165, 1.54) is 30.7 Å². The van der Waals surface area contributed by atoms with Crippen LogP contribution in [0.1, 0.15) is 0 Å². The van der Waals surface area contributed by atoms with Crippen LogP contribution in [-0.2, 0) is 9.59 Å². The Morgan fingerprint density at radius 3 is 3.00 bits per heavy atom. The second kappa shape index (κ2) is 8.63. The van der Waals surface area contributed by atoms with Gasteiger partial charge in [0.2, 0.25) is 11.8 Å². The quantitative estimate of drug-likeness (QED) is 0.546. The molecule has 13 heteroatoms. The Bertz CT molecular complexity index is 957. The summed E-state index contributed by atoms with van der Waals surface area (Å²) in [4.78, 5) is 43.5. The predicted octanol–water partition coefficient (Wildman–Crippen LogP) is 1.58. The van der Waals surface area contributed by atoms with Gasteiger partial charge in [0.05, 0.1) is 16.9 Å². The molecule has 0 atom stereocenters. The lowest BCUT2D eigenvalue weighted by molar-refractivity contribution is -0.384. The number of anilines is 1. The van der Waals surface area contributed by atoms with Crippen LogP contribution in [0.3, 0.4) is 0 Å². The minimum absolute atomic E-state index is 0.00760. The third-order valence-electron chi connectivity index (χ3n) is 3.31. The number of thioether (sulfide) groups is 1. The molecule has 1 aliphatic rings. The number of hydrazone groups is 1. The van der Waals surface area contributed by atoms with Gasteiger partial charge >= 0.3 is 0 Å². The SMILES string of the molecule is O=C(COc1cnccn1)N/N=C1/SCC(=O)N1c1ccc(Cl)cc1[N+](=O)[O-]. The molecule has 0 spiro atoms. The topological polar surface area (TPSA) is 140 Å². The first kappa shape index (κ1) is 19.5. The monoisotopic (exact) mass is 422 g/mol. The summed E-state index contributed by atoms with van der Waals surface area (Å²) >= 11 is 6.83. The molecule has 1 aliphatic heterocycles.